The number of hydrogen-bond acceptors (Lipinski definition) is 9. The van der Waals surface area contributed by atoms with E-state index in [9.17, 15) is 18.1 Å². The Morgan fingerprint density at radius 1 is 1.17 bits per heavy atom. The van der Waals surface area contributed by atoms with Crippen molar-refractivity contribution in [2.75, 3.05) is 11.9 Å². The van der Waals surface area contributed by atoms with Gasteiger partial charge < -0.3 is 24.3 Å². The Kier molecular flexibility index (Phi) is 8.37. The third kappa shape index (κ3) is 6.92. The molecule has 0 bridgehead atoms. The second-order valence-electron chi connectivity index (χ2n) is 9.23. The van der Waals surface area contributed by atoms with Gasteiger partial charge in [-0.25, -0.2) is 23.6 Å². The van der Waals surface area contributed by atoms with Crippen molar-refractivity contribution in [3.05, 3.63) is 54.4 Å². The van der Waals surface area contributed by atoms with Gasteiger partial charge in [-0.2, -0.15) is 14.6 Å². The Morgan fingerprint density at radius 2 is 1.95 bits per heavy atom. The molecule has 0 unspecified atom stereocenters. The van der Waals surface area contributed by atoms with E-state index in [1.54, 1.807) is 10.9 Å². The maximum Gasteiger partial charge on any atom is 0.471 e. The third-order valence-electron chi connectivity index (χ3n) is 6.41. The summed E-state index contributed by atoms with van der Waals surface area (Å²) in [5, 5.41) is 11.0. The summed E-state index contributed by atoms with van der Waals surface area (Å²) >= 11 is 0. The molecule has 4 aromatic rings. The Balaban J connectivity index is 1.37. The quantitative estimate of drug-likeness (QED) is 0.179. The monoisotopic (exact) mass is 593 g/mol. The molecule has 1 aliphatic rings. The molecule has 1 aliphatic carbocycles. The molecule has 0 spiro atoms. The van der Waals surface area contributed by atoms with Crippen LogP contribution in [0.25, 0.3) is 22.8 Å². The van der Waals surface area contributed by atoms with Crippen molar-refractivity contribution < 1.29 is 41.6 Å². The Labute approximate surface area is 231 Å². The predicted molar refractivity (Wildman–Crippen MR) is 137 cm³/mol. The van der Waals surface area contributed by atoms with Gasteiger partial charge in [0.05, 0.1) is 29.6 Å². The molecule has 0 atom stereocenters. The van der Waals surface area contributed by atoms with Gasteiger partial charge in [-0.05, 0) is 44.7 Å². The second-order valence-corrected chi connectivity index (χ2v) is 10.5. The molecule has 4 heterocycles. The van der Waals surface area contributed by atoms with Gasteiger partial charge in [-0.15, -0.1) is 0 Å². The maximum atomic E-state index is 14.7. The normalized spacial score (nSPS) is 17.6. The molecule has 1 fully saturated rings. The zero-order chi connectivity index (χ0) is 29.1. The number of rotatable bonds is 10. The number of halogens is 2. The lowest BCUT2D eigenvalue weighted by Crippen LogP contribution is -2.24. The van der Waals surface area contributed by atoms with Gasteiger partial charge in [0.2, 0.25) is 11.8 Å². The largest absolute Gasteiger partial charge is 0.471 e. The van der Waals surface area contributed by atoms with Crippen LogP contribution in [0.1, 0.15) is 49.1 Å². The summed E-state index contributed by atoms with van der Waals surface area (Å²) in [5.41, 5.74) is -0.126. The van der Waals surface area contributed by atoms with Gasteiger partial charge in [0.15, 0.2) is 18.2 Å². The molecule has 1 amide bonds. The molecular formula is C24H26F2N7O7P. The van der Waals surface area contributed by atoms with Crippen LogP contribution in [0, 0.1) is 11.8 Å². The third-order valence-corrected chi connectivity index (χ3v) is 6.86. The summed E-state index contributed by atoms with van der Waals surface area (Å²) in [5.74, 6) is -2.43. The minimum Gasteiger partial charge on any atom is -0.444 e. The number of phosphoric acid groups is 1. The molecule has 41 heavy (non-hydrogen) atoms. The number of hydrogen-bond donors (Lipinski definition) is 3. The van der Waals surface area contributed by atoms with Crippen molar-refractivity contribution in [3.63, 3.8) is 0 Å². The molecule has 3 N–H and O–H groups in total. The number of amides is 1. The van der Waals surface area contributed by atoms with Gasteiger partial charge in [0, 0.05) is 19.0 Å². The Hall–Kier alpha value is -3.82. The first-order chi connectivity index (χ1) is 19.6. The summed E-state index contributed by atoms with van der Waals surface area (Å²) in [4.78, 5) is 38.6. The molecule has 17 heteroatoms. The van der Waals surface area contributed by atoms with Crippen LogP contribution in [0.3, 0.4) is 0 Å². The van der Waals surface area contributed by atoms with Crippen molar-refractivity contribution in [3.8, 4) is 22.8 Å². The van der Waals surface area contributed by atoms with E-state index in [4.69, 9.17) is 18.9 Å². The van der Waals surface area contributed by atoms with Crippen LogP contribution in [0.4, 0.5) is 14.5 Å². The SMILES string of the molecule is CCO[C@H]1CC[C@H](n2cc(NC(=O)c3coc(-c4cnn(COP(=O)(O)O)c4)n3)c(-c3nc(F)ccc3F)n2)CC1. The van der Waals surface area contributed by atoms with Gasteiger partial charge in [-0.1, -0.05) is 0 Å². The van der Waals surface area contributed by atoms with E-state index in [1.165, 1.54) is 12.4 Å². The highest BCUT2D eigenvalue weighted by Crippen LogP contribution is 2.36. The molecular weight excluding hydrogens is 567 g/mol. The van der Waals surface area contributed by atoms with Crippen molar-refractivity contribution in [2.45, 2.75) is 51.5 Å². The first kappa shape index (κ1) is 28.7. The minimum absolute atomic E-state index is 0.00241. The highest BCUT2D eigenvalue weighted by Gasteiger charge is 2.27. The molecule has 0 saturated heterocycles. The maximum absolute atomic E-state index is 14.7. The first-order valence-corrected chi connectivity index (χ1v) is 14.2. The highest BCUT2D eigenvalue weighted by molar-refractivity contribution is 7.46. The van der Waals surface area contributed by atoms with E-state index in [0.717, 1.165) is 48.8 Å². The summed E-state index contributed by atoms with van der Waals surface area (Å²) in [7, 11) is -4.70. The molecule has 0 aliphatic heterocycles. The molecule has 0 aromatic carbocycles. The number of carbonyl (C=O) groups is 1. The van der Waals surface area contributed by atoms with E-state index < -0.39 is 32.2 Å². The van der Waals surface area contributed by atoms with Gasteiger partial charge in [0.1, 0.15) is 17.7 Å². The van der Waals surface area contributed by atoms with Crippen molar-refractivity contribution >= 4 is 19.4 Å². The van der Waals surface area contributed by atoms with Crippen molar-refractivity contribution in [2.24, 2.45) is 0 Å². The standard InChI is InChI=1S/C24H26F2N7O7P/c1-2-38-16-5-3-15(4-6-16)33-11-18(22(31-33)21-17(25)7-8-20(26)30-21)28-23(34)19-12-39-24(29-19)14-9-27-32(10-14)13-40-41(35,36)37/h7-12,15-16H,2-6,13H2,1H3,(H,28,34)(H2,35,36,37)/t15-,16-. The van der Waals surface area contributed by atoms with Gasteiger partial charge >= 0.3 is 7.82 Å². The van der Waals surface area contributed by atoms with Crippen LogP contribution in [-0.2, 0) is 20.6 Å². The Bertz CT molecular complexity index is 1580. The zero-order valence-electron chi connectivity index (χ0n) is 21.7. The van der Waals surface area contributed by atoms with E-state index in [2.05, 4.69) is 30.0 Å². The number of oxazole rings is 1. The Morgan fingerprint density at radius 3 is 2.68 bits per heavy atom. The van der Waals surface area contributed by atoms with Crippen LogP contribution in [0.2, 0.25) is 0 Å². The number of nitrogens with zero attached hydrogens (tertiary/aromatic N) is 6. The number of nitrogens with one attached hydrogen (secondary N) is 1. The smallest absolute Gasteiger partial charge is 0.444 e. The lowest BCUT2D eigenvalue weighted by atomic mass is 9.93. The number of phosphoric ester groups is 1. The first-order valence-electron chi connectivity index (χ1n) is 12.6. The highest BCUT2D eigenvalue weighted by atomic mass is 31.2. The van der Waals surface area contributed by atoms with Crippen molar-refractivity contribution in [1.82, 2.24) is 29.5 Å². The minimum atomic E-state index is -4.70. The number of aromatic nitrogens is 6. The number of carbonyl (C=O) groups excluding carboxylic acids is 1. The van der Waals surface area contributed by atoms with Crippen LogP contribution >= 0.6 is 7.82 Å². The molecule has 14 nitrogen and oxygen atoms in total. The average Bonchev–Trinajstić information content (AvgIpc) is 3.69. The lowest BCUT2D eigenvalue weighted by Gasteiger charge is -2.28. The van der Waals surface area contributed by atoms with Crippen LogP contribution in [0.15, 0.2) is 41.4 Å². The fourth-order valence-electron chi connectivity index (χ4n) is 4.52. The van der Waals surface area contributed by atoms with Gasteiger partial charge in [0.25, 0.3) is 5.91 Å². The number of ether oxygens (including phenoxy) is 1. The van der Waals surface area contributed by atoms with Crippen LogP contribution in [-0.4, -0.2) is 57.9 Å². The molecule has 5 rings (SSSR count). The summed E-state index contributed by atoms with van der Waals surface area (Å²) in [6.45, 7) is 2.04. The lowest BCUT2D eigenvalue weighted by molar-refractivity contribution is 0.0260. The molecule has 0 radical (unpaired) electrons. The summed E-state index contributed by atoms with van der Waals surface area (Å²) < 4.78 is 57.7. The van der Waals surface area contributed by atoms with Crippen molar-refractivity contribution in [1.29, 1.82) is 0 Å². The number of anilines is 1. The summed E-state index contributed by atoms with van der Waals surface area (Å²) in [6.07, 6.45) is 8.57. The predicted octanol–water partition coefficient (Wildman–Crippen LogP) is 3.91. The molecule has 4 aromatic heterocycles. The van der Waals surface area contributed by atoms with E-state index in [-0.39, 0.29) is 40.8 Å². The molecule has 1 saturated carbocycles. The van der Waals surface area contributed by atoms with Crippen LogP contribution in [0.5, 0.6) is 0 Å². The topological polar surface area (TPSA) is 180 Å². The average molecular weight is 593 g/mol. The van der Waals surface area contributed by atoms with Gasteiger partial charge in [-0.3, -0.25) is 14.0 Å². The zero-order valence-corrected chi connectivity index (χ0v) is 22.6. The summed E-state index contributed by atoms with van der Waals surface area (Å²) in [6, 6.07) is 1.78. The van der Waals surface area contributed by atoms with E-state index in [1.807, 2.05) is 6.92 Å². The van der Waals surface area contributed by atoms with E-state index in [0.29, 0.717) is 12.2 Å². The second kappa shape index (κ2) is 12.0. The fourth-order valence-corrected chi connectivity index (χ4v) is 4.79. The number of pyridine rings is 1. The molecule has 218 valence electrons. The fraction of sp³-hybridized carbons (Fsp3) is 0.375. The van der Waals surface area contributed by atoms with Crippen LogP contribution < -0.4 is 5.32 Å². The van der Waals surface area contributed by atoms with E-state index >= 15 is 0 Å².